The SMILES string of the molecule is CC(=O)Nc1cc(/N=N/c2ccc(/N=N/c3c(S(=O)(=O)O)cc4cc(S(=O)(=O)O)c(N)cc4c3O)c3cc(S(=O)(=O)O)ccc23)c(C)cc1N. The van der Waals surface area contributed by atoms with E-state index in [9.17, 15) is 48.8 Å². The average molecular weight is 744 g/mol. The maximum atomic E-state index is 12.3. The lowest BCUT2D eigenvalue weighted by molar-refractivity contribution is -0.114. The second-order valence-electron chi connectivity index (χ2n) is 10.7. The number of hydrogen-bond donors (Lipinski definition) is 7. The van der Waals surface area contributed by atoms with E-state index in [-0.39, 0.29) is 44.5 Å². The highest BCUT2D eigenvalue weighted by molar-refractivity contribution is 7.86. The molecule has 0 heterocycles. The molecule has 0 spiro atoms. The number of carbonyl (C=O) groups excluding carboxylic acids is 1. The molecule has 0 saturated carbocycles. The third-order valence-electron chi connectivity index (χ3n) is 7.18. The molecule has 0 aliphatic carbocycles. The van der Waals surface area contributed by atoms with Crippen molar-refractivity contribution in [3.63, 3.8) is 0 Å². The fraction of sp³-hybridized carbons (Fsp3) is 0.0690. The summed E-state index contributed by atoms with van der Waals surface area (Å²) in [6, 6.07) is 11.6. The Hall–Kier alpha value is -5.58. The van der Waals surface area contributed by atoms with Gasteiger partial charge in [-0.05, 0) is 72.5 Å². The van der Waals surface area contributed by atoms with E-state index in [2.05, 4.69) is 25.8 Å². The van der Waals surface area contributed by atoms with Gasteiger partial charge in [-0.1, -0.05) is 6.07 Å². The smallest absolute Gasteiger partial charge is 0.296 e. The fourth-order valence-corrected chi connectivity index (χ4v) is 6.67. The first-order valence-electron chi connectivity index (χ1n) is 13.7. The molecular formula is C29H25N7O11S3. The minimum Gasteiger partial charge on any atom is -0.505 e. The monoisotopic (exact) mass is 743 g/mol. The Morgan fingerprint density at radius 3 is 1.84 bits per heavy atom. The normalized spacial score (nSPS) is 12.7. The average Bonchev–Trinajstić information content (AvgIpc) is 2.99. The van der Waals surface area contributed by atoms with Gasteiger partial charge in [0.2, 0.25) is 5.91 Å². The molecule has 0 radical (unpaired) electrons. The molecule has 5 rings (SSSR count). The number of hydrogen-bond acceptors (Lipinski definition) is 14. The van der Waals surface area contributed by atoms with Crippen LogP contribution in [0.3, 0.4) is 0 Å². The van der Waals surface area contributed by atoms with Crippen molar-refractivity contribution in [2.24, 2.45) is 20.5 Å². The Morgan fingerprint density at radius 1 is 0.660 bits per heavy atom. The fourth-order valence-electron chi connectivity index (χ4n) is 4.87. The number of fused-ring (bicyclic) bond motifs is 2. The van der Waals surface area contributed by atoms with Crippen LogP contribution in [0.15, 0.2) is 95.8 Å². The van der Waals surface area contributed by atoms with Crippen LogP contribution in [0.1, 0.15) is 12.5 Å². The number of azo groups is 2. The molecule has 0 aromatic heterocycles. The summed E-state index contributed by atoms with van der Waals surface area (Å²) in [4.78, 5) is 9.22. The van der Waals surface area contributed by atoms with Crippen molar-refractivity contribution >= 4 is 97.6 Å². The first kappa shape index (κ1) is 35.7. The van der Waals surface area contributed by atoms with Crippen LogP contribution in [-0.4, -0.2) is 49.9 Å². The summed E-state index contributed by atoms with van der Waals surface area (Å²) < 4.78 is 101. The standard InChI is InChI=1S/C29H25N7O11S3/c1-13-7-20(30)25(32-14(2)37)12-24(13)35-33-22-5-6-23(19-10-16(48(39,40)41)3-4-17(19)22)34-36-28-27(50(45,46)47)9-15-8-26(49(42,43)44)21(31)11-18(15)29(28)38/h3-12,38H,30-31H2,1-2H3,(H,32,37)(H,39,40,41)(H,42,43,44)(H,45,46,47)/b35-33+,36-34+. The number of phenols is 1. The largest absolute Gasteiger partial charge is 0.505 e. The van der Waals surface area contributed by atoms with Crippen LogP contribution in [-0.2, 0) is 35.1 Å². The summed E-state index contributed by atoms with van der Waals surface area (Å²) in [5.41, 5.74) is 11.9. The minimum absolute atomic E-state index is 0.00371. The third-order valence-corrected chi connectivity index (χ3v) is 9.81. The van der Waals surface area contributed by atoms with Gasteiger partial charge in [0.1, 0.15) is 15.5 Å². The molecule has 0 aliphatic heterocycles. The van der Waals surface area contributed by atoms with Crippen molar-refractivity contribution in [1.29, 1.82) is 0 Å². The molecule has 0 aliphatic rings. The molecule has 0 atom stereocenters. The Kier molecular flexibility index (Phi) is 9.08. The molecule has 0 unspecified atom stereocenters. The van der Waals surface area contributed by atoms with E-state index in [1.165, 1.54) is 31.2 Å². The van der Waals surface area contributed by atoms with E-state index >= 15 is 0 Å². The molecule has 1 amide bonds. The van der Waals surface area contributed by atoms with Crippen LogP contribution < -0.4 is 16.8 Å². The van der Waals surface area contributed by atoms with E-state index in [0.717, 1.165) is 30.3 Å². The molecule has 260 valence electrons. The number of aromatic hydroxyl groups is 1. The number of phenolic OH excluding ortho intramolecular Hbond substituents is 1. The summed E-state index contributed by atoms with van der Waals surface area (Å²) in [6.45, 7) is 3.00. The van der Waals surface area contributed by atoms with Gasteiger partial charge < -0.3 is 21.9 Å². The topological polar surface area (TPSA) is 314 Å². The zero-order chi connectivity index (χ0) is 36.9. The number of nitrogens with zero attached hydrogens (tertiary/aromatic N) is 4. The number of aryl methyl sites for hydroxylation is 1. The highest BCUT2D eigenvalue weighted by Gasteiger charge is 2.25. The molecule has 50 heavy (non-hydrogen) atoms. The molecule has 21 heteroatoms. The number of amides is 1. The number of nitrogen functional groups attached to an aromatic ring is 2. The van der Waals surface area contributed by atoms with Gasteiger partial charge in [-0.15, -0.1) is 15.3 Å². The van der Waals surface area contributed by atoms with E-state index in [0.29, 0.717) is 16.9 Å². The van der Waals surface area contributed by atoms with Crippen LogP contribution in [0.25, 0.3) is 21.5 Å². The van der Waals surface area contributed by atoms with E-state index in [1.54, 1.807) is 13.0 Å². The van der Waals surface area contributed by atoms with Crippen LogP contribution in [0, 0.1) is 6.92 Å². The van der Waals surface area contributed by atoms with Crippen molar-refractivity contribution in [1.82, 2.24) is 0 Å². The van der Waals surface area contributed by atoms with Crippen LogP contribution in [0.4, 0.5) is 39.8 Å². The summed E-state index contributed by atoms with van der Waals surface area (Å²) in [5.74, 6) is -1.27. The Bertz CT molecular complexity index is 2680. The van der Waals surface area contributed by atoms with Crippen molar-refractivity contribution in [2.75, 3.05) is 16.8 Å². The van der Waals surface area contributed by atoms with Crippen molar-refractivity contribution < 1.29 is 48.8 Å². The van der Waals surface area contributed by atoms with Crippen molar-refractivity contribution in [2.45, 2.75) is 28.5 Å². The van der Waals surface area contributed by atoms with Gasteiger partial charge in [-0.2, -0.15) is 30.4 Å². The molecule has 0 fully saturated rings. The zero-order valence-electron chi connectivity index (χ0n) is 25.6. The van der Waals surface area contributed by atoms with Crippen LogP contribution in [0.5, 0.6) is 5.75 Å². The number of rotatable bonds is 8. The Balaban J connectivity index is 1.70. The number of anilines is 3. The predicted octanol–water partition coefficient (Wildman–Crippen LogP) is 5.70. The Labute approximate surface area is 283 Å². The maximum absolute atomic E-state index is 12.3. The van der Waals surface area contributed by atoms with E-state index < -0.39 is 62.2 Å². The zero-order valence-corrected chi connectivity index (χ0v) is 28.0. The second kappa shape index (κ2) is 12.7. The summed E-state index contributed by atoms with van der Waals surface area (Å²) in [5, 5.41) is 29.6. The van der Waals surface area contributed by atoms with E-state index in [4.69, 9.17) is 11.5 Å². The summed E-state index contributed by atoms with van der Waals surface area (Å²) >= 11 is 0. The number of nitrogens with two attached hydrogens (primary N) is 2. The second-order valence-corrected chi connectivity index (χ2v) is 14.9. The lowest BCUT2D eigenvalue weighted by Gasteiger charge is -2.11. The molecule has 9 N–H and O–H groups in total. The Morgan fingerprint density at radius 2 is 1.24 bits per heavy atom. The molecule has 0 saturated heterocycles. The predicted molar refractivity (Wildman–Crippen MR) is 182 cm³/mol. The highest BCUT2D eigenvalue weighted by atomic mass is 32.2. The van der Waals surface area contributed by atoms with Gasteiger partial charge in [0, 0.05) is 23.1 Å². The molecule has 5 aromatic carbocycles. The van der Waals surface area contributed by atoms with Crippen molar-refractivity contribution in [3.05, 3.63) is 66.2 Å². The number of benzene rings is 5. The third kappa shape index (κ3) is 7.22. The van der Waals surface area contributed by atoms with Crippen LogP contribution in [0.2, 0.25) is 0 Å². The molecular weight excluding hydrogens is 719 g/mol. The van der Waals surface area contributed by atoms with Gasteiger partial charge >= 0.3 is 0 Å². The van der Waals surface area contributed by atoms with Crippen molar-refractivity contribution in [3.8, 4) is 5.75 Å². The van der Waals surface area contributed by atoms with Gasteiger partial charge in [-0.25, -0.2) is 0 Å². The summed E-state index contributed by atoms with van der Waals surface area (Å²) in [7, 11) is -14.8. The lowest BCUT2D eigenvalue weighted by atomic mass is 10.1. The minimum atomic E-state index is -5.16. The van der Waals surface area contributed by atoms with Gasteiger partial charge in [-0.3, -0.25) is 18.5 Å². The highest BCUT2D eigenvalue weighted by Crippen LogP contribution is 2.44. The molecule has 0 bridgehead atoms. The quantitative estimate of drug-likeness (QED) is 0.0570. The molecule has 5 aromatic rings. The summed E-state index contributed by atoms with van der Waals surface area (Å²) in [6.07, 6.45) is 0. The van der Waals surface area contributed by atoms with Gasteiger partial charge in [0.15, 0.2) is 5.75 Å². The first-order chi connectivity index (χ1) is 23.1. The lowest BCUT2D eigenvalue weighted by Crippen LogP contribution is -2.08. The van der Waals surface area contributed by atoms with Gasteiger partial charge in [0.25, 0.3) is 30.4 Å². The number of carbonyl (C=O) groups is 1. The van der Waals surface area contributed by atoms with E-state index in [1.807, 2.05) is 0 Å². The first-order valence-corrected chi connectivity index (χ1v) is 18.1. The van der Waals surface area contributed by atoms with Gasteiger partial charge in [0.05, 0.1) is 39.0 Å². The maximum Gasteiger partial charge on any atom is 0.296 e. The molecule has 18 nitrogen and oxygen atoms in total. The van der Waals surface area contributed by atoms with Crippen LogP contribution >= 0.6 is 0 Å². The number of nitrogens with one attached hydrogen (secondary N) is 1.